The second kappa shape index (κ2) is 15.6. The van der Waals surface area contributed by atoms with Crippen LogP contribution in [0.4, 0.5) is 0 Å². The van der Waals surface area contributed by atoms with Crippen LogP contribution >= 0.6 is 19.1 Å². The zero-order valence-corrected chi connectivity index (χ0v) is 19.5. The fraction of sp³-hybridized carbons (Fsp3) is 0.765. The van der Waals surface area contributed by atoms with Gasteiger partial charge in [-0.2, -0.15) is 0 Å². The number of hydrogen-bond acceptors (Lipinski definition) is 3. The van der Waals surface area contributed by atoms with Gasteiger partial charge in [-0.1, -0.05) is 55.4 Å². The first-order valence-electron chi connectivity index (χ1n) is 8.22. The second-order valence-electron chi connectivity index (χ2n) is 6.66. The maximum absolute atomic E-state index is 4.81. The van der Waals surface area contributed by atoms with E-state index in [9.17, 15) is 0 Å². The Kier molecular flexibility index (Phi) is 17.3. The molecule has 7 heteroatoms. The normalized spacial score (nSPS) is 11.4. The Labute approximate surface area is 166 Å². The second-order valence-corrected chi connectivity index (χ2v) is 9.02. The molecule has 1 aromatic rings. The molecule has 0 saturated carbocycles. The summed E-state index contributed by atoms with van der Waals surface area (Å²) in [6.07, 6.45) is 5.39. The summed E-state index contributed by atoms with van der Waals surface area (Å²) in [5, 5.41) is 0. The van der Waals surface area contributed by atoms with Gasteiger partial charge in [0.2, 0.25) is 0 Å². The Morgan fingerprint density at radius 2 is 1.21 bits per heavy atom. The van der Waals surface area contributed by atoms with Gasteiger partial charge in [-0.15, -0.1) is 0 Å². The van der Waals surface area contributed by atoms with Crippen molar-refractivity contribution in [3.63, 3.8) is 0 Å². The van der Waals surface area contributed by atoms with E-state index >= 15 is 0 Å². The summed E-state index contributed by atoms with van der Waals surface area (Å²) in [6.45, 7) is 20.3. The average Bonchev–Trinajstić information content (AvgIpc) is 2.90. The Bertz CT molecular complexity index is 337. The van der Waals surface area contributed by atoms with Gasteiger partial charge in [0.15, 0.2) is 0 Å². The molecule has 0 bridgehead atoms. The van der Waals surface area contributed by atoms with Gasteiger partial charge in [0.1, 0.15) is 0 Å². The summed E-state index contributed by atoms with van der Waals surface area (Å²) in [4.78, 5) is 8.62. The first kappa shape index (κ1) is 26.6. The summed E-state index contributed by atoms with van der Waals surface area (Å²) in [5.74, 6) is 0. The molecule has 0 saturated heterocycles. The molecule has 24 heavy (non-hydrogen) atoms. The van der Waals surface area contributed by atoms with Crippen molar-refractivity contribution < 1.29 is 15.9 Å². The van der Waals surface area contributed by atoms with Crippen molar-refractivity contribution in [2.24, 2.45) is 7.05 Å². The third-order valence-electron chi connectivity index (χ3n) is 3.29. The van der Waals surface area contributed by atoms with Crippen LogP contribution in [0.15, 0.2) is 18.7 Å². The van der Waals surface area contributed by atoms with Crippen LogP contribution in [0.5, 0.6) is 0 Å². The van der Waals surface area contributed by atoms with Crippen molar-refractivity contribution in [2.45, 2.75) is 79.6 Å². The van der Waals surface area contributed by atoms with Crippen LogP contribution in [0.1, 0.15) is 55.4 Å². The summed E-state index contributed by atoms with van der Waals surface area (Å²) >= 11 is -0.106. The molecule has 0 radical (unpaired) electrons. The SMILES string of the molecule is CC(C)N([CH-]N(C(C)C)C(C)C)C(C)C.Cn1ccnc1.[Cl][Pd][Cl]. The average molecular weight is 473 g/mol. The molecule has 0 aliphatic carbocycles. The molecule has 0 amide bonds. The molecular formula is C17H35Cl2N4Pd-. The van der Waals surface area contributed by atoms with E-state index in [1.807, 2.05) is 17.8 Å². The molecule has 0 aromatic carbocycles. The molecule has 0 atom stereocenters. The van der Waals surface area contributed by atoms with Crippen molar-refractivity contribution in [3.8, 4) is 0 Å². The summed E-state index contributed by atoms with van der Waals surface area (Å²) in [6, 6.07) is 2.24. The molecule has 0 fully saturated rings. The van der Waals surface area contributed by atoms with Crippen LogP contribution < -0.4 is 0 Å². The number of nitrogens with zero attached hydrogens (tertiary/aromatic N) is 4. The van der Waals surface area contributed by atoms with Crippen LogP contribution in [-0.4, -0.2) is 43.5 Å². The number of hydrogen-bond donors (Lipinski definition) is 0. The predicted octanol–water partition coefficient (Wildman–Crippen LogP) is 5.14. The Morgan fingerprint density at radius 3 is 1.33 bits per heavy atom. The van der Waals surface area contributed by atoms with Gasteiger partial charge < -0.3 is 14.4 Å². The Morgan fingerprint density at radius 1 is 0.875 bits per heavy atom. The van der Waals surface area contributed by atoms with Crippen molar-refractivity contribution in [1.29, 1.82) is 0 Å². The molecule has 0 N–H and O–H groups in total. The molecule has 0 aliphatic rings. The summed E-state index contributed by atoms with van der Waals surface area (Å²) < 4.78 is 1.89. The fourth-order valence-corrected chi connectivity index (χ4v) is 2.21. The van der Waals surface area contributed by atoms with E-state index in [-0.39, 0.29) is 15.9 Å². The minimum atomic E-state index is -0.106. The molecule has 0 unspecified atom stereocenters. The Hall–Kier alpha value is 0.372. The molecule has 1 aromatic heterocycles. The van der Waals surface area contributed by atoms with Crippen LogP contribution in [0, 0.1) is 6.67 Å². The third kappa shape index (κ3) is 13.6. The van der Waals surface area contributed by atoms with Crippen molar-refractivity contribution in [3.05, 3.63) is 25.4 Å². The van der Waals surface area contributed by atoms with Crippen molar-refractivity contribution in [2.75, 3.05) is 0 Å². The van der Waals surface area contributed by atoms with Gasteiger partial charge >= 0.3 is 35.0 Å². The topological polar surface area (TPSA) is 24.3 Å². The number of aromatic nitrogens is 2. The zero-order valence-electron chi connectivity index (χ0n) is 16.5. The number of imidazole rings is 1. The molecule has 0 spiro atoms. The van der Waals surface area contributed by atoms with Crippen molar-refractivity contribution in [1.82, 2.24) is 19.4 Å². The van der Waals surface area contributed by atoms with Gasteiger partial charge in [0.05, 0.1) is 6.33 Å². The van der Waals surface area contributed by atoms with Crippen molar-refractivity contribution >= 4 is 19.1 Å². The quantitative estimate of drug-likeness (QED) is 0.423. The van der Waals surface area contributed by atoms with E-state index in [1.165, 1.54) is 0 Å². The van der Waals surface area contributed by atoms with Crippen LogP contribution in [0.3, 0.4) is 0 Å². The number of rotatable bonds is 6. The number of halogens is 2. The van der Waals surface area contributed by atoms with Gasteiger partial charge in [-0.05, 0) is 24.2 Å². The van der Waals surface area contributed by atoms with E-state index in [2.05, 4.69) is 76.8 Å². The summed E-state index contributed by atoms with van der Waals surface area (Å²) in [7, 11) is 11.6. The predicted molar refractivity (Wildman–Crippen MR) is 103 cm³/mol. The van der Waals surface area contributed by atoms with Gasteiger partial charge in [0.25, 0.3) is 0 Å². The van der Waals surface area contributed by atoms with E-state index in [0.29, 0.717) is 24.2 Å². The van der Waals surface area contributed by atoms with E-state index in [4.69, 9.17) is 19.1 Å². The summed E-state index contributed by atoms with van der Waals surface area (Å²) in [5.41, 5.74) is 0. The van der Waals surface area contributed by atoms with Crippen LogP contribution in [-0.2, 0) is 23.0 Å². The van der Waals surface area contributed by atoms with Gasteiger partial charge in [0, 0.05) is 19.4 Å². The monoisotopic (exact) mass is 471 g/mol. The standard InChI is InChI=1S/C13H29N2.C4H6N2.2ClH.Pd/c1-10(2)14(11(3)4)9-15(12(5)6)13(7)8;1-6-3-2-5-4-6;;;/h9-13H,1-8H3;2-4H,1H3;2*1H;/q-1;;;;+2/p-2. The van der Waals surface area contributed by atoms with Crippen LogP contribution in [0.2, 0.25) is 0 Å². The molecular weight excluding hydrogens is 438 g/mol. The van der Waals surface area contributed by atoms with E-state index in [1.54, 1.807) is 12.5 Å². The zero-order chi connectivity index (χ0) is 19.3. The Balaban J connectivity index is 0. The third-order valence-corrected chi connectivity index (χ3v) is 3.29. The first-order chi connectivity index (χ1) is 11.1. The molecule has 1 rings (SSSR count). The maximum atomic E-state index is 4.81. The minimum absolute atomic E-state index is 0.106. The number of aryl methyl sites for hydroxylation is 1. The van der Waals surface area contributed by atoms with E-state index in [0.717, 1.165) is 0 Å². The van der Waals surface area contributed by atoms with Crippen LogP contribution in [0.25, 0.3) is 0 Å². The molecule has 148 valence electrons. The van der Waals surface area contributed by atoms with Gasteiger partial charge in [-0.3, -0.25) is 0 Å². The fourth-order valence-electron chi connectivity index (χ4n) is 2.21. The molecule has 0 aliphatic heterocycles. The van der Waals surface area contributed by atoms with E-state index < -0.39 is 0 Å². The van der Waals surface area contributed by atoms with Gasteiger partial charge in [-0.25, -0.2) is 11.7 Å². The molecule has 1 heterocycles. The first-order valence-corrected chi connectivity index (χ1v) is 12.2. The molecule has 4 nitrogen and oxygen atoms in total.